The second-order valence-corrected chi connectivity index (χ2v) is 5.76. The summed E-state index contributed by atoms with van der Waals surface area (Å²) in [5.74, 6) is 0.292. The van der Waals surface area contributed by atoms with Gasteiger partial charge in [0.2, 0.25) is 5.91 Å². The quantitative estimate of drug-likeness (QED) is 0.734. The van der Waals surface area contributed by atoms with E-state index in [1.165, 1.54) is 6.42 Å². The topological polar surface area (TPSA) is 49.3 Å². The molecule has 0 radical (unpaired) electrons. The van der Waals surface area contributed by atoms with Crippen molar-refractivity contribution in [2.45, 2.75) is 77.2 Å². The van der Waals surface area contributed by atoms with Crippen LogP contribution >= 0.6 is 0 Å². The van der Waals surface area contributed by atoms with E-state index >= 15 is 0 Å². The molecule has 3 heteroatoms. The minimum Gasteiger partial charge on any atom is -0.394 e. The van der Waals surface area contributed by atoms with E-state index in [-0.39, 0.29) is 24.0 Å². The number of carbonyl (C=O) groups is 1. The monoisotopic (exact) mass is 255 g/mol. The van der Waals surface area contributed by atoms with Gasteiger partial charge < -0.3 is 10.4 Å². The third-order valence-corrected chi connectivity index (χ3v) is 4.15. The van der Waals surface area contributed by atoms with Crippen LogP contribution in [-0.4, -0.2) is 23.2 Å². The maximum Gasteiger partial charge on any atom is 0.223 e. The van der Waals surface area contributed by atoms with E-state index in [1.807, 2.05) is 0 Å². The summed E-state index contributed by atoms with van der Waals surface area (Å²) in [6.07, 6.45) is 9.34. The molecule has 0 unspecified atom stereocenters. The van der Waals surface area contributed by atoms with Gasteiger partial charge in [-0.2, -0.15) is 0 Å². The standard InChI is InChI=1S/C15H29NO2/c1-3-8-13(9-4-2)14(18)16-15(12-17)10-6-5-7-11-15/h13,17H,3-12H2,1-2H3,(H,16,18). The van der Waals surface area contributed by atoms with Crippen LogP contribution in [0.1, 0.15) is 71.6 Å². The number of amides is 1. The molecule has 1 aliphatic carbocycles. The van der Waals surface area contributed by atoms with Gasteiger partial charge in [-0.15, -0.1) is 0 Å². The number of rotatable bonds is 7. The lowest BCUT2D eigenvalue weighted by atomic mass is 9.81. The molecular formula is C15H29NO2. The van der Waals surface area contributed by atoms with Crippen molar-refractivity contribution in [1.29, 1.82) is 0 Å². The third-order valence-electron chi connectivity index (χ3n) is 4.15. The van der Waals surface area contributed by atoms with E-state index in [9.17, 15) is 9.90 Å². The van der Waals surface area contributed by atoms with E-state index in [1.54, 1.807) is 0 Å². The molecule has 18 heavy (non-hydrogen) atoms. The van der Waals surface area contributed by atoms with E-state index in [2.05, 4.69) is 19.2 Å². The van der Waals surface area contributed by atoms with Gasteiger partial charge in [0.15, 0.2) is 0 Å². The van der Waals surface area contributed by atoms with Crippen molar-refractivity contribution in [3.63, 3.8) is 0 Å². The zero-order valence-corrected chi connectivity index (χ0v) is 12.0. The fourth-order valence-corrected chi connectivity index (χ4v) is 3.02. The highest BCUT2D eigenvalue weighted by Gasteiger charge is 2.34. The molecule has 0 aliphatic heterocycles. The summed E-state index contributed by atoms with van der Waals surface area (Å²) < 4.78 is 0. The summed E-state index contributed by atoms with van der Waals surface area (Å²) in [5, 5.41) is 12.8. The number of hydrogen-bond donors (Lipinski definition) is 2. The highest BCUT2D eigenvalue weighted by molar-refractivity contribution is 5.79. The Bertz CT molecular complexity index is 241. The van der Waals surface area contributed by atoms with Crippen molar-refractivity contribution < 1.29 is 9.90 Å². The first-order chi connectivity index (χ1) is 8.67. The molecule has 1 saturated carbocycles. The molecule has 3 nitrogen and oxygen atoms in total. The van der Waals surface area contributed by atoms with Gasteiger partial charge in [0.05, 0.1) is 12.1 Å². The molecule has 0 atom stereocenters. The first-order valence-corrected chi connectivity index (χ1v) is 7.60. The molecule has 1 amide bonds. The van der Waals surface area contributed by atoms with E-state index in [0.717, 1.165) is 51.4 Å². The fourth-order valence-electron chi connectivity index (χ4n) is 3.02. The van der Waals surface area contributed by atoms with Crippen molar-refractivity contribution in [3.8, 4) is 0 Å². The highest BCUT2D eigenvalue weighted by Crippen LogP contribution is 2.28. The van der Waals surface area contributed by atoms with Crippen LogP contribution in [0.25, 0.3) is 0 Å². The van der Waals surface area contributed by atoms with Crippen molar-refractivity contribution in [2.75, 3.05) is 6.61 Å². The van der Waals surface area contributed by atoms with Crippen molar-refractivity contribution in [3.05, 3.63) is 0 Å². The molecule has 0 spiro atoms. The second kappa shape index (κ2) is 7.78. The third kappa shape index (κ3) is 4.27. The molecule has 1 fully saturated rings. The van der Waals surface area contributed by atoms with Crippen LogP contribution in [-0.2, 0) is 4.79 Å². The number of hydrogen-bond acceptors (Lipinski definition) is 2. The SMILES string of the molecule is CCCC(CCC)C(=O)NC1(CO)CCCCC1. The molecule has 0 heterocycles. The Morgan fingerprint density at radius 3 is 2.17 bits per heavy atom. The number of carbonyl (C=O) groups excluding carboxylic acids is 1. The van der Waals surface area contributed by atoms with Gasteiger partial charge >= 0.3 is 0 Å². The van der Waals surface area contributed by atoms with Crippen LogP contribution in [0, 0.1) is 5.92 Å². The minimum absolute atomic E-state index is 0.0870. The Kier molecular flexibility index (Phi) is 6.69. The van der Waals surface area contributed by atoms with Crippen molar-refractivity contribution in [2.24, 2.45) is 5.92 Å². The summed E-state index contributed by atoms with van der Waals surface area (Å²) in [5.41, 5.74) is -0.324. The predicted octanol–water partition coefficient (Wildman–Crippen LogP) is 3.01. The molecule has 0 bridgehead atoms. The summed E-state index contributed by atoms with van der Waals surface area (Å²) in [6, 6.07) is 0. The van der Waals surface area contributed by atoms with Crippen LogP contribution in [0.3, 0.4) is 0 Å². The average Bonchev–Trinajstić information content (AvgIpc) is 2.39. The first kappa shape index (κ1) is 15.5. The Morgan fingerprint density at radius 2 is 1.72 bits per heavy atom. The van der Waals surface area contributed by atoms with Crippen LogP contribution in [0.15, 0.2) is 0 Å². The molecule has 1 aliphatic rings. The summed E-state index contributed by atoms with van der Waals surface area (Å²) in [4.78, 5) is 12.3. The average molecular weight is 255 g/mol. The summed E-state index contributed by atoms with van der Waals surface area (Å²) >= 11 is 0. The van der Waals surface area contributed by atoms with Gasteiger partial charge in [-0.05, 0) is 25.7 Å². The van der Waals surface area contributed by atoms with E-state index in [0.29, 0.717) is 0 Å². The number of aliphatic hydroxyl groups is 1. The Labute approximate surface area is 111 Å². The molecule has 0 saturated heterocycles. The first-order valence-electron chi connectivity index (χ1n) is 7.60. The van der Waals surface area contributed by atoms with Gasteiger partial charge in [-0.1, -0.05) is 46.0 Å². The lowest BCUT2D eigenvalue weighted by molar-refractivity contribution is -0.128. The zero-order valence-electron chi connectivity index (χ0n) is 12.0. The number of nitrogens with one attached hydrogen (secondary N) is 1. The maximum absolute atomic E-state index is 12.3. The van der Waals surface area contributed by atoms with Gasteiger partial charge in [-0.3, -0.25) is 4.79 Å². The van der Waals surface area contributed by atoms with Crippen LogP contribution < -0.4 is 5.32 Å². The van der Waals surface area contributed by atoms with Gasteiger partial charge in [0.25, 0.3) is 0 Å². The van der Waals surface area contributed by atoms with Crippen molar-refractivity contribution in [1.82, 2.24) is 5.32 Å². The molecule has 1 rings (SSSR count). The zero-order chi connectivity index (χ0) is 13.4. The van der Waals surface area contributed by atoms with Gasteiger partial charge in [0.1, 0.15) is 0 Å². The molecule has 106 valence electrons. The molecule has 0 aromatic rings. The molecule has 0 aromatic carbocycles. The van der Waals surface area contributed by atoms with Gasteiger partial charge in [0, 0.05) is 5.92 Å². The minimum atomic E-state index is -0.324. The van der Waals surface area contributed by atoms with E-state index in [4.69, 9.17) is 0 Å². The Morgan fingerprint density at radius 1 is 1.17 bits per heavy atom. The van der Waals surface area contributed by atoms with Crippen molar-refractivity contribution >= 4 is 5.91 Å². The smallest absolute Gasteiger partial charge is 0.223 e. The predicted molar refractivity (Wildman–Crippen MR) is 74.4 cm³/mol. The molecule has 2 N–H and O–H groups in total. The Balaban J connectivity index is 2.58. The van der Waals surface area contributed by atoms with Crippen LogP contribution in [0.2, 0.25) is 0 Å². The lowest BCUT2D eigenvalue weighted by Gasteiger charge is -2.37. The summed E-state index contributed by atoms with van der Waals surface area (Å²) in [6.45, 7) is 4.33. The number of aliphatic hydroxyl groups excluding tert-OH is 1. The van der Waals surface area contributed by atoms with Crippen LogP contribution in [0.5, 0.6) is 0 Å². The normalized spacial score (nSPS) is 18.9. The molecule has 0 aromatic heterocycles. The molecular weight excluding hydrogens is 226 g/mol. The van der Waals surface area contributed by atoms with Gasteiger partial charge in [-0.25, -0.2) is 0 Å². The fraction of sp³-hybridized carbons (Fsp3) is 0.933. The maximum atomic E-state index is 12.3. The second-order valence-electron chi connectivity index (χ2n) is 5.76. The largest absolute Gasteiger partial charge is 0.394 e. The lowest BCUT2D eigenvalue weighted by Crippen LogP contribution is -2.54. The highest BCUT2D eigenvalue weighted by atomic mass is 16.3. The summed E-state index contributed by atoms with van der Waals surface area (Å²) in [7, 11) is 0. The Hall–Kier alpha value is -0.570. The van der Waals surface area contributed by atoms with E-state index < -0.39 is 0 Å². The van der Waals surface area contributed by atoms with Crippen LogP contribution in [0.4, 0.5) is 0 Å².